The van der Waals surface area contributed by atoms with Crippen molar-refractivity contribution in [1.82, 2.24) is 10.3 Å². The fourth-order valence-corrected chi connectivity index (χ4v) is 5.92. The predicted octanol–water partition coefficient (Wildman–Crippen LogP) is 3.37. The van der Waals surface area contributed by atoms with Crippen molar-refractivity contribution in [2.45, 2.75) is 23.5 Å². The Morgan fingerprint density at radius 3 is 2.51 bits per heavy atom. The van der Waals surface area contributed by atoms with E-state index in [4.69, 9.17) is 4.74 Å². The lowest BCUT2D eigenvalue weighted by molar-refractivity contribution is -0.122. The molecule has 1 unspecified atom stereocenters. The normalized spacial score (nSPS) is 16.3. The second-order valence-electron chi connectivity index (χ2n) is 7.50. The standard InChI is InChI=1S/C23H21N5O6S3/c1-2-34-21(31)14-3-5-15(6-4-14)25-19(29)13-18-20(30)27-23(36-18)26-16-7-9-17(10-8-16)37(32,33)28-22-24-11-12-35-22/h3-12,18H,2,13H2,1H3,(H,24,28)(H,25,29)(H,26,27,30). The van der Waals surface area contributed by atoms with Gasteiger partial charge in [0.15, 0.2) is 10.3 Å². The van der Waals surface area contributed by atoms with Gasteiger partial charge >= 0.3 is 5.97 Å². The molecule has 2 amide bonds. The first-order chi connectivity index (χ1) is 17.7. The Balaban J connectivity index is 1.33. The Kier molecular flexibility index (Phi) is 8.21. The SMILES string of the molecule is CCOC(=O)c1ccc(NC(=O)CC2SC(=Nc3ccc(S(=O)(=O)Nc4nccs4)cc3)NC2=O)cc1. The first-order valence-electron chi connectivity index (χ1n) is 10.9. The number of esters is 1. The summed E-state index contributed by atoms with van der Waals surface area (Å²) in [5, 5.41) is 6.87. The van der Waals surface area contributed by atoms with Crippen molar-refractivity contribution in [1.29, 1.82) is 0 Å². The lowest BCUT2D eigenvalue weighted by atomic mass is 10.2. The number of aliphatic imine (C=N–C) groups is 1. The van der Waals surface area contributed by atoms with Crippen molar-refractivity contribution in [3.63, 3.8) is 0 Å². The summed E-state index contributed by atoms with van der Waals surface area (Å²) in [5.41, 5.74) is 1.28. The highest BCUT2D eigenvalue weighted by atomic mass is 32.2. The molecule has 0 aliphatic carbocycles. The van der Waals surface area contributed by atoms with Gasteiger partial charge in [-0.2, -0.15) is 0 Å². The molecule has 0 saturated carbocycles. The second-order valence-corrected chi connectivity index (χ2v) is 11.3. The van der Waals surface area contributed by atoms with Gasteiger partial charge in [-0.15, -0.1) is 11.3 Å². The number of ether oxygens (including phenoxy) is 1. The molecule has 2 heterocycles. The largest absolute Gasteiger partial charge is 0.462 e. The van der Waals surface area contributed by atoms with Crippen LogP contribution in [-0.2, 0) is 24.3 Å². The molecule has 3 N–H and O–H groups in total. The van der Waals surface area contributed by atoms with Gasteiger partial charge < -0.3 is 15.4 Å². The first kappa shape index (κ1) is 26.3. The topological polar surface area (TPSA) is 156 Å². The summed E-state index contributed by atoms with van der Waals surface area (Å²) in [6.07, 6.45) is 1.41. The average molecular weight is 560 g/mol. The van der Waals surface area contributed by atoms with E-state index in [0.717, 1.165) is 11.8 Å². The van der Waals surface area contributed by atoms with Crippen LogP contribution in [0.15, 0.2) is 70.0 Å². The molecule has 11 nitrogen and oxygen atoms in total. The molecule has 1 aromatic heterocycles. The Hall–Kier alpha value is -3.75. The number of sulfonamides is 1. The molecule has 1 saturated heterocycles. The van der Waals surface area contributed by atoms with Crippen LogP contribution < -0.4 is 15.4 Å². The molecule has 0 bridgehead atoms. The number of nitrogens with one attached hydrogen (secondary N) is 3. The van der Waals surface area contributed by atoms with Gasteiger partial charge in [0, 0.05) is 23.7 Å². The highest BCUT2D eigenvalue weighted by molar-refractivity contribution is 8.15. The van der Waals surface area contributed by atoms with Gasteiger partial charge in [0.1, 0.15) is 5.25 Å². The van der Waals surface area contributed by atoms with E-state index in [1.54, 1.807) is 36.6 Å². The Bertz CT molecular complexity index is 1420. The van der Waals surface area contributed by atoms with E-state index in [2.05, 4.69) is 25.3 Å². The van der Waals surface area contributed by atoms with Crippen LogP contribution in [0.5, 0.6) is 0 Å². The van der Waals surface area contributed by atoms with E-state index in [0.29, 0.717) is 22.1 Å². The lowest BCUT2D eigenvalue weighted by Gasteiger charge is -2.08. The maximum Gasteiger partial charge on any atom is 0.338 e. The number of thioether (sulfide) groups is 1. The van der Waals surface area contributed by atoms with Crippen LogP contribution >= 0.6 is 23.1 Å². The Morgan fingerprint density at radius 2 is 1.86 bits per heavy atom. The molecule has 0 spiro atoms. The third-order valence-corrected chi connectivity index (χ3v) is 8.11. The molecule has 1 aliphatic rings. The third kappa shape index (κ3) is 6.93. The van der Waals surface area contributed by atoms with Crippen LogP contribution in [0.3, 0.4) is 0 Å². The van der Waals surface area contributed by atoms with Crippen LogP contribution in [0.25, 0.3) is 0 Å². The second kappa shape index (κ2) is 11.5. The minimum absolute atomic E-state index is 0.0413. The number of anilines is 2. The Labute approximate surface area is 220 Å². The number of nitrogens with zero attached hydrogens (tertiary/aromatic N) is 2. The van der Waals surface area contributed by atoms with Crippen LogP contribution in [0.2, 0.25) is 0 Å². The maximum atomic E-state index is 12.4. The van der Waals surface area contributed by atoms with Gasteiger partial charge in [-0.3, -0.25) is 14.3 Å². The summed E-state index contributed by atoms with van der Waals surface area (Å²) in [5.74, 6) is -1.18. The number of carbonyl (C=O) groups excluding carboxylic acids is 3. The van der Waals surface area contributed by atoms with Crippen LogP contribution in [0, 0.1) is 0 Å². The minimum Gasteiger partial charge on any atom is -0.462 e. The predicted molar refractivity (Wildman–Crippen MR) is 142 cm³/mol. The number of aromatic nitrogens is 1. The number of carbonyl (C=O) groups is 3. The molecule has 1 aliphatic heterocycles. The number of benzene rings is 2. The molecule has 1 fully saturated rings. The van der Waals surface area contributed by atoms with Gasteiger partial charge in [-0.05, 0) is 55.5 Å². The Morgan fingerprint density at radius 1 is 1.14 bits per heavy atom. The van der Waals surface area contributed by atoms with Crippen LogP contribution in [0.4, 0.5) is 16.5 Å². The number of amides is 2. The smallest absolute Gasteiger partial charge is 0.338 e. The number of thiazole rings is 1. The maximum absolute atomic E-state index is 12.4. The monoisotopic (exact) mass is 559 g/mol. The van der Waals surface area contributed by atoms with Gasteiger partial charge in [0.05, 0.1) is 22.8 Å². The van der Waals surface area contributed by atoms with E-state index in [1.807, 2.05) is 0 Å². The molecule has 3 aromatic rings. The summed E-state index contributed by atoms with van der Waals surface area (Å²) in [6, 6.07) is 12.1. The van der Waals surface area contributed by atoms with E-state index in [-0.39, 0.29) is 34.9 Å². The van der Waals surface area contributed by atoms with Crippen molar-refractivity contribution < 1.29 is 27.5 Å². The zero-order valence-corrected chi connectivity index (χ0v) is 21.8. The summed E-state index contributed by atoms with van der Waals surface area (Å²) in [7, 11) is -3.79. The molecule has 0 radical (unpaired) electrons. The molecule has 2 aromatic carbocycles. The van der Waals surface area contributed by atoms with Crippen LogP contribution in [-0.4, -0.2) is 48.2 Å². The van der Waals surface area contributed by atoms with E-state index in [9.17, 15) is 22.8 Å². The molecular weight excluding hydrogens is 538 g/mol. The molecule has 4 rings (SSSR count). The number of hydrogen-bond acceptors (Lipinski definition) is 10. The van der Waals surface area contributed by atoms with Gasteiger partial charge in [-0.25, -0.2) is 23.2 Å². The van der Waals surface area contributed by atoms with Gasteiger partial charge in [0.25, 0.3) is 10.0 Å². The molecular formula is C23H21N5O6S3. The quantitative estimate of drug-likeness (QED) is 0.337. The summed E-state index contributed by atoms with van der Waals surface area (Å²) in [6.45, 7) is 1.98. The molecule has 14 heteroatoms. The van der Waals surface area contributed by atoms with Gasteiger partial charge in [0.2, 0.25) is 11.8 Å². The third-order valence-electron chi connectivity index (χ3n) is 4.86. The van der Waals surface area contributed by atoms with Crippen molar-refractivity contribution in [2.75, 3.05) is 16.6 Å². The van der Waals surface area contributed by atoms with Crippen molar-refractivity contribution in [3.05, 3.63) is 65.7 Å². The molecule has 192 valence electrons. The summed E-state index contributed by atoms with van der Waals surface area (Å²) in [4.78, 5) is 44.8. The van der Waals surface area contributed by atoms with E-state index >= 15 is 0 Å². The minimum atomic E-state index is -3.79. The lowest BCUT2D eigenvalue weighted by Crippen LogP contribution is -2.28. The van der Waals surface area contributed by atoms with Crippen molar-refractivity contribution in [2.24, 2.45) is 4.99 Å². The highest BCUT2D eigenvalue weighted by Crippen LogP contribution is 2.27. The molecule has 1 atom stereocenters. The van der Waals surface area contributed by atoms with Crippen molar-refractivity contribution in [3.8, 4) is 0 Å². The van der Waals surface area contributed by atoms with Crippen LogP contribution in [0.1, 0.15) is 23.7 Å². The summed E-state index contributed by atoms with van der Waals surface area (Å²) >= 11 is 2.27. The number of rotatable bonds is 9. The highest BCUT2D eigenvalue weighted by Gasteiger charge is 2.32. The zero-order valence-electron chi connectivity index (χ0n) is 19.3. The van der Waals surface area contributed by atoms with Crippen molar-refractivity contribution >= 4 is 72.6 Å². The fraction of sp³-hybridized carbons (Fsp3) is 0.174. The van der Waals surface area contributed by atoms with Gasteiger partial charge in [-0.1, -0.05) is 11.8 Å². The fourth-order valence-electron chi connectivity index (χ4n) is 3.14. The number of amidine groups is 1. The first-order valence-corrected chi connectivity index (χ1v) is 14.1. The summed E-state index contributed by atoms with van der Waals surface area (Å²) < 4.78 is 32.2. The molecule has 37 heavy (non-hydrogen) atoms. The number of hydrogen-bond donors (Lipinski definition) is 3. The van der Waals surface area contributed by atoms with E-state index < -0.39 is 21.2 Å². The average Bonchev–Trinajstić information content (AvgIpc) is 3.49. The van der Waals surface area contributed by atoms with E-state index in [1.165, 1.54) is 41.8 Å². The zero-order chi connectivity index (χ0) is 26.4.